The first-order valence-electron chi connectivity index (χ1n) is 10.8. The highest BCUT2D eigenvalue weighted by Crippen LogP contribution is 2.27. The molecule has 1 aliphatic heterocycles. The highest BCUT2D eigenvalue weighted by molar-refractivity contribution is 7.12. The van der Waals surface area contributed by atoms with E-state index >= 15 is 0 Å². The lowest BCUT2D eigenvalue weighted by molar-refractivity contribution is -0.895. The van der Waals surface area contributed by atoms with E-state index in [4.69, 9.17) is 0 Å². The van der Waals surface area contributed by atoms with E-state index in [9.17, 15) is 9.59 Å². The predicted octanol–water partition coefficient (Wildman–Crippen LogP) is 2.45. The first kappa shape index (κ1) is 20.1. The maximum absolute atomic E-state index is 13.3. The van der Waals surface area contributed by atoms with Crippen LogP contribution in [-0.4, -0.2) is 55.5 Å². The van der Waals surface area contributed by atoms with Crippen LogP contribution in [0.25, 0.3) is 0 Å². The minimum atomic E-state index is 0.124. The number of nitrogens with one attached hydrogen (secondary N) is 1. The number of piperazine rings is 1. The Kier molecular flexibility index (Phi) is 6.62. The second-order valence-electron chi connectivity index (χ2n) is 8.09. The molecule has 1 saturated heterocycles. The van der Waals surface area contributed by atoms with Crippen LogP contribution in [0.4, 0.5) is 5.69 Å². The Morgan fingerprint density at radius 2 is 1.72 bits per heavy atom. The van der Waals surface area contributed by atoms with Gasteiger partial charge < -0.3 is 14.7 Å². The van der Waals surface area contributed by atoms with E-state index in [1.54, 1.807) is 0 Å². The Balaban J connectivity index is 1.37. The van der Waals surface area contributed by atoms with Gasteiger partial charge >= 0.3 is 0 Å². The highest BCUT2D eigenvalue weighted by Gasteiger charge is 2.31. The maximum atomic E-state index is 13.3. The summed E-state index contributed by atoms with van der Waals surface area (Å²) in [6.07, 6.45) is 5.88. The quantitative estimate of drug-likeness (QED) is 0.820. The third kappa shape index (κ3) is 4.87. The van der Waals surface area contributed by atoms with Crippen molar-refractivity contribution in [1.29, 1.82) is 0 Å². The Morgan fingerprint density at radius 1 is 1.00 bits per heavy atom. The van der Waals surface area contributed by atoms with Gasteiger partial charge in [0.1, 0.15) is 0 Å². The van der Waals surface area contributed by atoms with Gasteiger partial charge in [-0.2, -0.15) is 0 Å². The first-order chi connectivity index (χ1) is 14.2. The Labute approximate surface area is 176 Å². The molecule has 1 aromatic heterocycles. The predicted molar refractivity (Wildman–Crippen MR) is 117 cm³/mol. The van der Waals surface area contributed by atoms with Gasteiger partial charge in [0.2, 0.25) is 0 Å². The fourth-order valence-corrected chi connectivity index (χ4v) is 5.24. The van der Waals surface area contributed by atoms with Gasteiger partial charge in [0, 0.05) is 11.7 Å². The fourth-order valence-electron chi connectivity index (χ4n) is 4.54. The van der Waals surface area contributed by atoms with E-state index in [1.807, 2.05) is 40.6 Å². The Morgan fingerprint density at radius 3 is 2.38 bits per heavy atom. The number of carbonyl (C=O) groups excluding carboxylic acids is 2. The van der Waals surface area contributed by atoms with Crippen LogP contribution in [0.1, 0.15) is 41.8 Å². The van der Waals surface area contributed by atoms with E-state index in [1.165, 1.54) is 35.5 Å². The zero-order valence-corrected chi connectivity index (χ0v) is 17.7. The van der Waals surface area contributed by atoms with Crippen molar-refractivity contribution in [2.75, 3.05) is 37.6 Å². The molecule has 154 valence electrons. The number of nitrogens with zero attached hydrogens (tertiary/aromatic N) is 2. The normalized spacial score (nSPS) is 18.6. The van der Waals surface area contributed by atoms with Crippen molar-refractivity contribution < 1.29 is 14.5 Å². The molecule has 29 heavy (non-hydrogen) atoms. The number of hydrogen-bond donors (Lipinski definition) is 1. The smallest absolute Gasteiger partial charge is 0.282 e. The van der Waals surface area contributed by atoms with E-state index in [0.717, 1.165) is 36.5 Å². The summed E-state index contributed by atoms with van der Waals surface area (Å²) in [6.45, 7) is 3.60. The van der Waals surface area contributed by atoms with Crippen molar-refractivity contribution in [1.82, 2.24) is 4.90 Å². The number of anilines is 1. The van der Waals surface area contributed by atoms with Crippen LogP contribution >= 0.6 is 11.3 Å². The molecule has 0 radical (unpaired) electrons. The number of rotatable bonds is 5. The topological polar surface area (TPSA) is 45.1 Å². The molecule has 0 unspecified atom stereocenters. The number of amides is 2. The fraction of sp³-hybridized carbons (Fsp3) is 0.478. The molecule has 4 rings (SSSR count). The summed E-state index contributed by atoms with van der Waals surface area (Å²) in [6, 6.07) is 14.3. The lowest BCUT2D eigenvalue weighted by Gasteiger charge is -2.36. The van der Waals surface area contributed by atoms with Crippen molar-refractivity contribution in [2.45, 2.75) is 38.1 Å². The van der Waals surface area contributed by atoms with E-state index < -0.39 is 0 Å². The van der Waals surface area contributed by atoms with E-state index in [-0.39, 0.29) is 11.8 Å². The third-order valence-corrected chi connectivity index (χ3v) is 6.99. The SMILES string of the molecule is O=C(c1cccs1)N1CC[NH+](CC(=O)N(c2ccccc2)C2CCCCC2)CC1. The van der Waals surface area contributed by atoms with Gasteiger partial charge in [-0.05, 0) is 36.4 Å². The van der Waals surface area contributed by atoms with Gasteiger partial charge in [0.05, 0.1) is 31.1 Å². The summed E-state index contributed by atoms with van der Waals surface area (Å²) in [4.78, 5) is 32.0. The molecule has 1 N–H and O–H groups in total. The number of para-hydroxylation sites is 1. The second-order valence-corrected chi connectivity index (χ2v) is 9.04. The molecule has 1 saturated carbocycles. The molecule has 2 aromatic rings. The largest absolute Gasteiger partial charge is 0.327 e. The number of hydrogen-bond acceptors (Lipinski definition) is 3. The summed E-state index contributed by atoms with van der Waals surface area (Å²) in [5.74, 6) is 0.342. The molecule has 1 aliphatic carbocycles. The van der Waals surface area contributed by atoms with Crippen LogP contribution in [0, 0.1) is 0 Å². The van der Waals surface area contributed by atoms with Gasteiger partial charge in [0.25, 0.3) is 11.8 Å². The van der Waals surface area contributed by atoms with Gasteiger partial charge in [-0.25, -0.2) is 0 Å². The Bertz CT molecular complexity index is 795. The third-order valence-electron chi connectivity index (χ3n) is 6.13. The standard InChI is InChI=1S/C23H29N3O2S/c27-22(26(19-8-3-1-4-9-19)20-10-5-2-6-11-20)18-24-13-15-25(16-14-24)23(28)21-12-7-17-29-21/h1,3-4,7-9,12,17,20H,2,5-6,10-11,13-16,18H2/p+1. The second kappa shape index (κ2) is 9.55. The number of benzene rings is 1. The molecule has 0 spiro atoms. The maximum Gasteiger partial charge on any atom is 0.282 e. The summed E-state index contributed by atoms with van der Waals surface area (Å²) in [7, 11) is 0. The van der Waals surface area contributed by atoms with Crippen LogP contribution in [0.15, 0.2) is 47.8 Å². The van der Waals surface area contributed by atoms with Crippen molar-refractivity contribution in [3.8, 4) is 0 Å². The lowest BCUT2D eigenvalue weighted by atomic mass is 9.93. The molecule has 2 aliphatic rings. The van der Waals surface area contributed by atoms with Crippen molar-refractivity contribution in [3.05, 3.63) is 52.7 Å². The van der Waals surface area contributed by atoms with Gasteiger partial charge in [-0.3, -0.25) is 9.59 Å². The number of carbonyl (C=O) groups is 2. The van der Waals surface area contributed by atoms with Gasteiger partial charge in [-0.15, -0.1) is 11.3 Å². The van der Waals surface area contributed by atoms with Crippen LogP contribution in [0.5, 0.6) is 0 Å². The van der Waals surface area contributed by atoms with Gasteiger partial charge in [-0.1, -0.05) is 43.5 Å². The zero-order valence-electron chi connectivity index (χ0n) is 16.9. The molecule has 6 heteroatoms. The van der Waals surface area contributed by atoms with Crippen LogP contribution in [0.2, 0.25) is 0 Å². The summed E-state index contributed by atoms with van der Waals surface area (Å²) >= 11 is 1.49. The molecule has 0 bridgehead atoms. The minimum Gasteiger partial charge on any atom is -0.327 e. The minimum absolute atomic E-state index is 0.124. The molecule has 2 heterocycles. The van der Waals surface area contributed by atoms with Crippen LogP contribution in [0.3, 0.4) is 0 Å². The van der Waals surface area contributed by atoms with Crippen LogP contribution < -0.4 is 9.80 Å². The van der Waals surface area contributed by atoms with E-state index in [0.29, 0.717) is 25.7 Å². The van der Waals surface area contributed by atoms with Gasteiger partial charge in [0.15, 0.2) is 6.54 Å². The molecule has 2 amide bonds. The molecular formula is C23H30N3O2S+. The van der Waals surface area contributed by atoms with Crippen molar-refractivity contribution >= 4 is 28.8 Å². The Hall–Kier alpha value is -2.18. The monoisotopic (exact) mass is 412 g/mol. The molecule has 0 atom stereocenters. The first-order valence-corrected chi connectivity index (χ1v) is 11.6. The average molecular weight is 413 g/mol. The number of thiophene rings is 1. The van der Waals surface area contributed by atoms with E-state index in [2.05, 4.69) is 17.0 Å². The highest BCUT2D eigenvalue weighted by atomic mass is 32.1. The number of quaternary nitrogens is 1. The molecule has 1 aromatic carbocycles. The van der Waals surface area contributed by atoms with Crippen LogP contribution in [-0.2, 0) is 4.79 Å². The summed E-state index contributed by atoms with van der Waals surface area (Å²) in [5.41, 5.74) is 1.02. The molecular weight excluding hydrogens is 382 g/mol. The zero-order chi connectivity index (χ0) is 20.1. The molecule has 2 fully saturated rings. The molecule has 5 nitrogen and oxygen atoms in total. The summed E-state index contributed by atoms with van der Waals surface area (Å²) in [5, 5.41) is 1.94. The lowest BCUT2D eigenvalue weighted by Crippen LogP contribution is -3.16. The van der Waals surface area contributed by atoms with Crippen molar-refractivity contribution in [2.24, 2.45) is 0 Å². The van der Waals surface area contributed by atoms with Crippen molar-refractivity contribution in [3.63, 3.8) is 0 Å². The average Bonchev–Trinajstić information content (AvgIpc) is 3.30. The summed E-state index contributed by atoms with van der Waals surface area (Å²) < 4.78 is 0.